The molecule has 0 heterocycles. The number of carbonyl (C=O) groups excluding carboxylic acids is 1. The molecule has 0 aliphatic heterocycles. The largest absolute Gasteiger partial charge is 0.337 e. The Morgan fingerprint density at radius 3 is 2.80 bits per heavy atom. The Hall–Kier alpha value is -1.61. The van der Waals surface area contributed by atoms with Crippen LogP contribution in [0, 0.1) is 23.1 Å². The molecule has 1 rings (SSSR count). The second-order valence-electron chi connectivity index (χ2n) is 4.74. The van der Waals surface area contributed by atoms with Gasteiger partial charge in [-0.2, -0.15) is 5.26 Å². The van der Waals surface area contributed by atoms with Crippen molar-refractivity contribution in [3.05, 3.63) is 34.1 Å². The molecule has 0 fully saturated rings. The fraction of sp³-hybridized carbons (Fsp3) is 0.429. The molecule has 2 N–H and O–H groups in total. The molecule has 1 aromatic carbocycles. The van der Waals surface area contributed by atoms with E-state index in [1.54, 1.807) is 19.1 Å². The van der Waals surface area contributed by atoms with E-state index in [0.29, 0.717) is 17.4 Å². The third-order valence-corrected chi connectivity index (χ3v) is 3.30. The monoisotopic (exact) mass is 341 g/mol. The number of nitriles is 1. The van der Waals surface area contributed by atoms with Crippen LogP contribution in [-0.4, -0.2) is 18.6 Å². The molecule has 0 saturated carbocycles. The average Bonchev–Trinajstić information content (AvgIpc) is 2.40. The molecular weight excluding hydrogens is 325 g/mol. The van der Waals surface area contributed by atoms with Crippen molar-refractivity contribution < 1.29 is 9.18 Å². The fourth-order valence-electron chi connectivity index (χ4n) is 1.64. The van der Waals surface area contributed by atoms with Crippen molar-refractivity contribution in [3.8, 4) is 6.07 Å². The van der Waals surface area contributed by atoms with E-state index < -0.39 is 0 Å². The van der Waals surface area contributed by atoms with Crippen LogP contribution in [0.2, 0.25) is 0 Å². The lowest BCUT2D eigenvalue weighted by Crippen LogP contribution is -2.42. The van der Waals surface area contributed by atoms with Gasteiger partial charge in [-0.05, 0) is 53.9 Å². The normalized spacial score (nSPS) is 13.2. The number of urea groups is 1. The van der Waals surface area contributed by atoms with Gasteiger partial charge in [-0.25, -0.2) is 9.18 Å². The van der Waals surface area contributed by atoms with Gasteiger partial charge in [0, 0.05) is 12.6 Å². The second kappa shape index (κ2) is 7.85. The quantitative estimate of drug-likeness (QED) is 0.864. The summed E-state index contributed by atoms with van der Waals surface area (Å²) in [5.74, 6) is -0.526. The molecule has 0 radical (unpaired) electrons. The Morgan fingerprint density at radius 1 is 1.50 bits per heavy atom. The molecule has 2 amide bonds. The van der Waals surface area contributed by atoms with E-state index >= 15 is 0 Å². The van der Waals surface area contributed by atoms with E-state index in [1.165, 1.54) is 6.07 Å². The van der Waals surface area contributed by atoms with E-state index in [4.69, 9.17) is 5.26 Å². The van der Waals surface area contributed by atoms with E-state index in [0.717, 1.165) is 5.56 Å². The van der Waals surface area contributed by atoms with Crippen molar-refractivity contribution in [2.75, 3.05) is 6.54 Å². The number of halogens is 2. The van der Waals surface area contributed by atoms with Gasteiger partial charge < -0.3 is 10.6 Å². The molecule has 0 aliphatic rings. The second-order valence-corrected chi connectivity index (χ2v) is 5.59. The molecule has 6 heteroatoms. The number of carbonyl (C=O) groups is 1. The van der Waals surface area contributed by atoms with Gasteiger partial charge in [0.2, 0.25) is 0 Å². The third-order valence-electron chi connectivity index (χ3n) is 2.69. The lowest BCUT2D eigenvalue weighted by atomic mass is 10.1. The zero-order valence-corrected chi connectivity index (χ0v) is 13.0. The highest BCUT2D eigenvalue weighted by Crippen LogP contribution is 2.17. The summed E-state index contributed by atoms with van der Waals surface area (Å²) in [6.45, 7) is 3.92. The molecule has 2 atom stereocenters. The van der Waals surface area contributed by atoms with Gasteiger partial charge in [-0.1, -0.05) is 6.07 Å². The first-order chi connectivity index (χ1) is 9.42. The van der Waals surface area contributed by atoms with Gasteiger partial charge >= 0.3 is 6.03 Å². The summed E-state index contributed by atoms with van der Waals surface area (Å²) >= 11 is 3.13. The number of nitrogens with one attached hydrogen (secondary N) is 2. The van der Waals surface area contributed by atoms with Gasteiger partial charge in [-0.3, -0.25) is 0 Å². The first-order valence-electron chi connectivity index (χ1n) is 6.30. The molecule has 0 saturated heterocycles. The van der Waals surface area contributed by atoms with Crippen LogP contribution in [0.5, 0.6) is 0 Å². The fourth-order valence-corrected chi connectivity index (χ4v) is 2.06. The Kier molecular flexibility index (Phi) is 6.46. The highest BCUT2D eigenvalue weighted by atomic mass is 79.9. The smallest absolute Gasteiger partial charge is 0.315 e. The number of benzene rings is 1. The van der Waals surface area contributed by atoms with Gasteiger partial charge in [0.25, 0.3) is 0 Å². The zero-order chi connectivity index (χ0) is 15.1. The minimum atomic E-state index is -0.308. The molecule has 0 bridgehead atoms. The van der Waals surface area contributed by atoms with Crippen molar-refractivity contribution in [2.45, 2.75) is 26.3 Å². The Morgan fingerprint density at radius 2 is 2.20 bits per heavy atom. The van der Waals surface area contributed by atoms with Crippen LogP contribution in [-0.2, 0) is 6.42 Å². The molecule has 108 valence electrons. The van der Waals surface area contributed by atoms with Crippen LogP contribution in [0.4, 0.5) is 9.18 Å². The molecule has 1 aromatic rings. The number of hydrogen-bond donors (Lipinski definition) is 2. The van der Waals surface area contributed by atoms with Crippen molar-refractivity contribution in [1.82, 2.24) is 10.6 Å². The maximum atomic E-state index is 13.1. The lowest BCUT2D eigenvalue weighted by Gasteiger charge is -2.15. The number of rotatable bonds is 5. The summed E-state index contributed by atoms with van der Waals surface area (Å²) in [6, 6.07) is 6.42. The van der Waals surface area contributed by atoms with E-state index in [-0.39, 0.29) is 23.8 Å². The maximum absolute atomic E-state index is 13.1. The molecular formula is C14H17BrFN3O. The number of hydrogen-bond acceptors (Lipinski definition) is 2. The highest BCUT2D eigenvalue weighted by Gasteiger charge is 2.10. The molecule has 0 spiro atoms. The third kappa shape index (κ3) is 5.57. The summed E-state index contributed by atoms with van der Waals surface area (Å²) in [4.78, 5) is 11.6. The predicted octanol–water partition coefficient (Wildman–Crippen LogP) is 2.98. The van der Waals surface area contributed by atoms with Gasteiger partial charge in [0.1, 0.15) is 5.82 Å². The average molecular weight is 342 g/mol. The van der Waals surface area contributed by atoms with Gasteiger partial charge in [0.15, 0.2) is 0 Å². The maximum Gasteiger partial charge on any atom is 0.315 e. The highest BCUT2D eigenvalue weighted by molar-refractivity contribution is 9.10. The van der Waals surface area contributed by atoms with Crippen molar-refractivity contribution in [1.29, 1.82) is 5.26 Å². The lowest BCUT2D eigenvalue weighted by molar-refractivity contribution is 0.237. The van der Waals surface area contributed by atoms with E-state index in [1.807, 2.05) is 13.0 Å². The predicted molar refractivity (Wildman–Crippen MR) is 78.6 cm³/mol. The van der Waals surface area contributed by atoms with Crippen LogP contribution in [0.3, 0.4) is 0 Å². The number of amides is 2. The Bertz CT molecular complexity index is 516. The first-order valence-corrected chi connectivity index (χ1v) is 7.09. The summed E-state index contributed by atoms with van der Waals surface area (Å²) < 4.78 is 13.5. The minimum Gasteiger partial charge on any atom is -0.337 e. The van der Waals surface area contributed by atoms with Crippen molar-refractivity contribution in [3.63, 3.8) is 0 Å². The van der Waals surface area contributed by atoms with Crippen LogP contribution < -0.4 is 10.6 Å². The molecule has 0 aliphatic carbocycles. The van der Waals surface area contributed by atoms with Crippen molar-refractivity contribution in [2.24, 2.45) is 5.92 Å². The summed E-state index contributed by atoms with van der Waals surface area (Å²) in [6.07, 6.45) is 0.597. The van der Waals surface area contributed by atoms with Crippen LogP contribution >= 0.6 is 15.9 Å². The Labute approximate surface area is 126 Å². The summed E-state index contributed by atoms with van der Waals surface area (Å²) in [5.41, 5.74) is 0.927. The van der Waals surface area contributed by atoms with E-state index in [9.17, 15) is 9.18 Å². The number of nitrogens with zero attached hydrogens (tertiary/aromatic N) is 1. The van der Waals surface area contributed by atoms with Crippen LogP contribution in [0.15, 0.2) is 22.7 Å². The zero-order valence-electron chi connectivity index (χ0n) is 11.4. The molecule has 0 unspecified atom stereocenters. The van der Waals surface area contributed by atoms with Gasteiger partial charge in [0.05, 0.1) is 16.5 Å². The summed E-state index contributed by atoms with van der Waals surface area (Å²) in [7, 11) is 0. The SMILES string of the molecule is C[C@H](C#N)CNC(=O)N[C@@H](C)Cc1ccc(F)c(Br)c1. The molecule has 0 aromatic heterocycles. The van der Waals surface area contributed by atoms with Crippen LogP contribution in [0.1, 0.15) is 19.4 Å². The topological polar surface area (TPSA) is 64.9 Å². The summed E-state index contributed by atoms with van der Waals surface area (Å²) in [5, 5.41) is 14.0. The Balaban J connectivity index is 2.43. The molecule has 4 nitrogen and oxygen atoms in total. The van der Waals surface area contributed by atoms with Crippen LogP contribution in [0.25, 0.3) is 0 Å². The van der Waals surface area contributed by atoms with E-state index in [2.05, 4.69) is 26.6 Å². The standard InChI is InChI=1S/C14H17BrFN3O/c1-9(7-17)8-18-14(20)19-10(2)5-11-3-4-13(16)12(15)6-11/h3-4,6,9-10H,5,8H2,1-2H3,(H2,18,19,20)/t9-,10+/m1/s1. The molecule has 20 heavy (non-hydrogen) atoms. The van der Waals surface area contributed by atoms with Gasteiger partial charge in [-0.15, -0.1) is 0 Å². The minimum absolute atomic E-state index is 0.0928. The van der Waals surface area contributed by atoms with Crippen molar-refractivity contribution >= 4 is 22.0 Å². The first kappa shape index (κ1) is 16.4.